The summed E-state index contributed by atoms with van der Waals surface area (Å²) in [5, 5.41) is 11.7. The van der Waals surface area contributed by atoms with Crippen molar-refractivity contribution in [2.75, 3.05) is 19.7 Å². The van der Waals surface area contributed by atoms with Crippen LogP contribution in [0.2, 0.25) is 0 Å². The summed E-state index contributed by atoms with van der Waals surface area (Å²) in [6.07, 6.45) is 4.25. The van der Waals surface area contributed by atoms with Gasteiger partial charge < -0.3 is 9.67 Å². The third-order valence-electron chi connectivity index (χ3n) is 5.00. The van der Waals surface area contributed by atoms with Crippen molar-refractivity contribution in [3.63, 3.8) is 0 Å². The number of likely N-dealkylation sites (tertiary alicyclic amines) is 1. The number of rotatable bonds is 5. The molecular weight excluding hydrogens is 306 g/mol. The van der Waals surface area contributed by atoms with Crippen LogP contribution in [0.4, 0.5) is 0 Å². The molecule has 0 unspecified atom stereocenters. The molecule has 0 radical (unpaired) electrons. The fraction of sp³-hybridized carbons (Fsp3) is 0.611. The molecule has 5 heteroatoms. The number of aliphatic hydroxyl groups excluding tert-OH is 1. The van der Waals surface area contributed by atoms with Gasteiger partial charge >= 0.3 is 0 Å². The van der Waals surface area contributed by atoms with Crippen molar-refractivity contribution in [2.24, 2.45) is 0 Å². The second-order valence-corrected chi connectivity index (χ2v) is 7.74. The Labute approximate surface area is 142 Å². The maximum absolute atomic E-state index is 9.51. The molecule has 23 heavy (non-hydrogen) atoms. The highest BCUT2D eigenvalue weighted by Crippen LogP contribution is 2.31. The lowest BCUT2D eigenvalue weighted by molar-refractivity contribution is 0.194. The zero-order chi connectivity index (χ0) is 16.4. The molecule has 1 atom stereocenters. The van der Waals surface area contributed by atoms with E-state index in [2.05, 4.69) is 46.7 Å². The number of thiophene rings is 1. The Morgan fingerprint density at radius 2 is 2.09 bits per heavy atom. The first-order chi connectivity index (χ1) is 11.1. The van der Waals surface area contributed by atoms with Gasteiger partial charge in [0.1, 0.15) is 5.82 Å². The summed E-state index contributed by atoms with van der Waals surface area (Å²) in [5.41, 5.74) is 2.57. The summed E-state index contributed by atoms with van der Waals surface area (Å²) in [5.74, 6) is 1.68. The van der Waals surface area contributed by atoms with Crippen molar-refractivity contribution in [1.29, 1.82) is 0 Å². The fourth-order valence-corrected chi connectivity index (χ4v) is 4.49. The van der Waals surface area contributed by atoms with Gasteiger partial charge in [-0.1, -0.05) is 0 Å². The first kappa shape index (κ1) is 16.7. The first-order valence-electron chi connectivity index (χ1n) is 8.50. The quantitative estimate of drug-likeness (QED) is 0.910. The van der Waals surface area contributed by atoms with Crippen molar-refractivity contribution >= 4 is 11.3 Å². The number of aryl methyl sites for hydroxylation is 2. The SMILES string of the molecule is Cc1ccsc1CN1CCC(c2ncc(C)n2[C@H](C)CO)CC1. The Balaban J connectivity index is 1.64. The molecule has 1 fully saturated rings. The van der Waals surface area contributed by atoms with Crippen LogP contribution in [-0.2, 0) is 6.54 Å². The van der Waals surface area contributed by atoms with Crippen LogP contribution in [0, 0.1) is 13.8 Å². The number of imidazole rings is 1. The predicted octanol–water partition coefficient (Wildman–Crippen LogP) is 3.49. The van der Waals surface area contributed by atoms with Crippen LogP contribution in [0.1, 0.15) is 53.7 Å². The van der Waals surface area contributed by atoms with Crippen LogP contribution in [-0.4, -0.2) is 39.3 Å². The zero-order valence-corrected chi connectivity index (χ0v) is 15.1. The third kappa shape index (κ3) is 3.52. The van der Waals surface area contributed by atoms with Crippen LogP contribution in [0.5, 0.6) is 0 Å². The van der Waals surface area contributed by atoms with Gasteiger partial charge in [-0.05, 0) is 63.7 Å². The van der Waals surface area contributed by atoms with Crippen LogP contribution in [0.3, 0.4) is 0 Å². The summed E-state index contributed by atoms with van der Waals surface area (Å²) >= 11 is 1.87. The Hall–Kier alpha value is -1.17. The Morgan fingerprint density at radius 1 is 1.35 bits per heavy atom. The summed E-state index contributed by atoms with van der Waals surface area (Å²) in [7, 11) is 0. The minimum atomic E-state index is 0.110. The molecule has 0 aromatic carbocycles. The molecule has 1 N–H and O–H groups in total. The van der Waals surface area contributed by atoms with E-state index in [9.17, 15) is 5.11 Å². The van der Waals surface area contributed by atoms with Gasteiger partial charge in [0.25, 0.3) is 0 Å². The van der Waals surface area contributed by atoms with E-state index in [0.29, 0.717) is 5.92 Å². The number of aromatic nitrogens is 2. The van der Waals surface area contributed by atoms with E-state index >= 15 is 0 Å². The standard InChI is InChI=1S/C18H27N3OS/c1-13-6-9-23-17(13)11-20-7-4-16(5-8-20)18-19-10-14(2)21(18)15(3)12-22/h6,9-10,15-16,22H,4-5,7-8,11-12H2,1-3H3/t15-/m1/s1. The average molecular weight is 334 g/mol. The number of nitrogens with zero attached hydrogens (tertiary/aromatic N) is 3. The number of piperidine rings is 1. The Bertz CT molecular complexity index is 640. The van der Waals surface area contributed by atoms with Gasteiger partial charge in [-0.3, -0.25) is 4.90 Å². The molecule has 4 nitrogen and oxygen atoms in total. The van der Waals surface area contributed by atoms with E-state index in [0.717, 1.165) is 44.0 Å². The lowest BCUT2D eigenvalue weighted by atomic mass is 9.95. The van der Waals surface area contributed by atoms with E-state index < -0.39 is 0 Å². The normalized spacial score (nSPS) is 18.4. The molecule has 2 aromatic heterocycles. The smallest absolute Gasteiger partial charge is 0.112 e. The molecule has 0 spiro atoms. The van der Waals surface area contributed by atoms with Crippen LogP contribution < -0.4 is 0 Å². The van der Waals surface area contributed by atoms with E-state index in [1.54, 1.807) is 0 Å². The average Bonchev–Trinajstić information content (AvgIpc) is 3.14. The van der Waals surface area contributed by atoms with Crippen LogP contribution in [0.25, 0.3) is 0 Å². The molecule has 1 saturated heterocycles. The largest absolute Gasteiger partial charge is 0.394 e. The summed E-state index contributed by atoms with van der Waals surface area (Å²) in [6, 6.07) is 2.32. The van der Waals surface area contributed by atoms with E-state index in [-0.39, 0.29) is 12.6 Å². The van der Waals surface area contributed by atoms with Gasteiger partial charge in [-0.25, -0.2) is 4.98 Å². The maximum Gasteiger partial charge on any atom is 0.112 e. The lowest BCUT2D eigenvalue weighted by Crippen LogP contribution is -2.33. The molecule has 3 heterocycles. The highest BCUT2D eigenvalue weighted by atomic mass is 32.1. The molecule has 1 aliphatic heterocycles. The second kappa shape index (κ2) is 7.16. The maximum atomic E-state index is 9.51. The van der Waals surface area contributed by atoms with E-state index in [4.69, 9.17) is 0 Å². The molecule has 1 aliphatic rings. The molecule has 0 aliphatic carbocycles. The molecule has 126 valence electrons. The van der Waals surface area contributed by atoms with Gasteiger partial charge in [0, 0.05) is 29.2 Å². The molecule has 3 rings (SSSR count). The fourth-order valence-electron chi connectivity index (χ4n) is 3.54. The lowest BCUT2D eigenvalue weighted by Gasteiger charge is -2.32. The first-order valence-corrected chi connectivity index (χ1v) is 9.38. The highest BCUT2D eigenvalue weighted by Gasteiger charge is 2.26. The minimum Gasteiger partial charge on any atom is -0.394 e. The molecule has 0 amide bonds. The molecule has 2 aromatic rings. The zero-order valence-electron chi connectivity index (χ0n) is 14.3. The summed E-state index contributed by atoms with van der Waals surface area (Å²) in [4.78, 5) is 8.71. The number of aliphatic hydroxyl groups is 1. The van der Waals surface area contributed by atoms with Gasteiger partial charge in [0.05, 0.1) is 12.6 Å². The van der Waals surface area contributed by atoms with E-state index in [1.165, 1.54) is 10.4 Å². The summed E-state index contributed by atoms with van der Waals surface area (Å²) < 4.78 is 2.23. The molecular formula is C18H27N3OS. The number of hydrogen-bond acceptors (Lipinski definition) is 4. The van der Waals surface area contributed by atoms with E-state index in [1.807, 2.05) is 17.5 Å². The number of hydrogen-bond donors (Lipinski definition) is 1. The van der Waals surface area contributed by atoms with Crippen LogP contribution >= 0.6 is 11.3 Å². The van der Waals surface area contributed by atoms with Crippen molar-refractivity contribution in [3.05, 3.63) is 39.6 Å². The van der Waals surface area contributed by atoms with Gasteiger partial charge in [-0.15, -0.1) is 11.3 Å². The minimum absolute atomic E-state index is 0.110. The monoisotopic (exact) mass is 333 g/mol. The predicted molar refractivity (Wildman–Crippen MR) is 95.1 cm³/mol. The Morgan fingerprint density at radius 3 is 2.70 bits per heavy atom. The highest BCUT2D eigenvalue weighted by molar-refractivity contribution is 7.10. The third-order valence-corrected chi connectivity index (χ3v) is 6.01. The van der Waals surface area contributed by atoms with Gasteiger partial charge in [-0.2, -0.15) is 0 Å². The van der Waals surface area contributed by atoms with Gasteiger partial charge in [0.15, 0.2) is 0 Å². The second-order valence-electron chi connectivity index (χ2n) is 6.74. The van der Waals surface area contributed by atoms with Crippen molar-refractivity contribution in [1.82, 2.24) is 14.5 Å². The molecule has 0 bridgehead atoms. The topological polar surface area (TPSA) is 41.3 Å². The van der Waals surface area contributed by atoms with Crippen molar-refractivity contribution in [2.45, 2.75) is 52.1 Å². The van der Waals surface area contributed by atoms with Crippen molar-refractivity contribution in [3.8, 4) is 0 Å². The Kier molecular flexibility index (Phi) is 5.19. The van der Waals surface area contributed by atoms with Crippen LogP contribution in [0.15, 0.2) is 17.6 Å². The molecule has 0 saturated carbocycles. The summed E-state index contributed by atoms with van der Waals surface area (Å²) in [6.45, 7) is 9.85. The van der Waals surface area contributed by atoms with Gasteiger partial charge in [0.2, 0.25) is 0 Å². The van der Waals surface area contributed by atoms with Crippen molar-refractivity contribution < 1.29 is 5.11 Å².